The van der Waals surface area contributed by atoms with Gasteiger partial charge in [-0.1, -0.05) is 0 Å². The van der Waals surface area contributed by atoms with Gasteiger partial charge >= 0.3 is 228 Å². The number of hydrogen-bond acceptors (Lipinski definition) is 2. The Hall–Kier alpha value is -1.81. The minimum atomic E-state index is -2.28. The van der Waals surface area contributed by atoms with Crippen molar-refractivity contribution in [3.8, 4) is 0 Å². The fourth-order valence-electron chi connectivity index (χ4n) is 7.51. The number of allylic oxidation sites excluding steroid dienone is 2. The van der Waals surface area contributed by atoms with Crippen LogP contribution in [0, 0.1) is 0 Å². The fraction of sp³-hybridized carbons (Fsp3) is 0.394. The van der Waals surface area contributed by atoms with Crippen LogP contribution in [0.2, 0.25) is 3.67 Å². The van der Waals surface area contributed by atoms with Gasteiger partial charge in [-0.05, 0) is 0 Å². The Morgan fingerprint density at radius 1 is 0.750 bits per heavy atom. The first kappa shape index (κ1) is 25.8. The molecule has 3 aromatic carbocycles. The van der Waals surface area contributed by atoms with Gasteiger partial charge in [0.15, 0.2) is 0 Å². The van der Waals surface area contributed by atoms with Crippen molar-refractivity contribution in [2.24, 2.45) is 0 Å². The van der Waals surface area contributed by atoms with Crippen LogP contribution < -0.4 is 0 Å². The topological polar surface area (TPSA) is 6.48 Å². The third-order valence-corrected chi connectivity index (χ3v) is 16.6. The summed E-state index contributed by atoms with van der Waals surface area (Å²) in [6.07, 6.45) is 5.13. The van der Waals surface area contributed by atoms with E-state index < -0.39 is 21.4 Å². The van der Waals surface area contributed by atoms with E-state index in [4.69, 9.17) is 0 Å². The SMILES string of the molecule is CCC1C2=C(CCC[CH]2[Sc]([CH](c2ccccc2)N(C)C)[CH](c2ccccc2)N(C)C)c2ccccc21. The van der Waals surface area contributed by atoms with Gasteiger partial charge in [-0.2, -0.15) is 0 Å². The Morgan fingerprint density at radius 3 is 1.81 bits per heavy atom. The van der Waals surface area contributed by atoms with Crippen molar-refractivity contribution in [2.75, 3.05) is 28.2 Å². The van der Waals surface area contributed by atoms with Crippen LogP contribution in [0.1, 0.15) is 68.4 Å². The first-order valence-electron chi connectivity index (χ1n) is 13.8. The summed E-state index contributed by atoms with van der Waals surface area (Å²) >= 11 is -2.28. The van der Waals surface area contributed by atoms with Gasteiger partial charge in [0.25, 0.3) is 0 Å². The molecule has 0 bridgehead atoms. The molecule has 3 heteroatoms. The number of nitrogens with zero attached hydrogens (tertiary/aromatic N) is 2. The van der Waals surface area contributed by atoms with Crippen LogP contribution in [-0.4, -0.2) is 38.0 Å². The maximum absolute atomic E-state index is 2.57. The zero-order valence-corrected chi connectivity index (χ0v) is 24.5. The Kier molecular flexibility index (Phi) is 8.10. The van der Waals surface area contributed by atoms with Crippen LogP contribution in [0.3, 0.4) is 0 Å². The Bertz CT molecular complexity index is 1130. The molecule has 0 aromatic heterocycles. The van der Waals surface area contributed by atoms with Crippen molar-refractivity contribution in [3.05, 3.63) is 113 Å². The number of benzene rings is 3. The molecule has 36 heavy (non-hydrogen) atoms. The van der Waals surface area contributed by atoms with Gasteiger partial charge in [0, 0.05) is 0 Å². The standard InChI is InChI=1S/C15H17.2C9H12N.Sc/c1-2-11-12-7-3-5-9-14(12)15-10-6-4-8-13(11)15;2*1-10(2)8-9-6-4-3-5-7-9;/h3,5,7-9,11H,2,4,6,10H2,1H3;2*3-8H,1-2H3;. The third kappa shape index (κ3) is 4.75. The molecule has 0 saturated heterocycles. The summed E-state index contributed by atoms with van der Waals surface area (Å²) in [5.41, 5.74) is 9.71. The molecule has 4 atom stereocenters. The molecular formula is C33H41N2Sc. The Balaban J connectivity index is 1.72. The number of rotatable bonds is 8. The van der Waals surface area contributed by atoms with Gasteiger partial charge in [0.05, 0.1) is 0 Å². The zero-order valence-electron chi connectivity index (χ0n) is 22.7. The van der Waals surface area contributed by atoms with E-state index >= 15 is 0 Å². The van der Waals surface area contributed by atoms with Crippen LogP contribution in [-0.2, 0) is 21.4 Å². The van der Waals surface area contributed by atoms with Gasteiger partial charge < -0.3 is 0 Å². The third-order valence-electron chi connectivity index (χ3n) is 8.72. The first-order valence-corrected chi connectivity index (χ1v) is 16.9. The molecule has 0 aliphatic heterocycles. The number of hydrogen-bond donors (Lipinski definition) is 0. The second-order valence-corrected chi connectivity index (χ2v) is 16.2. The monoisotopic (exact) mass is 510 g/mol. The van der Waals surface area contributed by atoms with E-state index in [1.54, 1.807) is 16.7 Å². The molecular weight excluding hydrogens is 469 g/mol. The normalized spacial score (nSPS) is 20.9. The molecule has 0 saturated carbocycles. The van der Waals surface area contributed by atoms with Crippen LogP contribution in [0.5, 0.6) is 0 Å². The van der Waals surface area contributed by atoms with Crippen molar-refractivity contribution >= 4 is 5.57 Å². The van der Waals surface area contributed by atoms with Gasteiger partial charge in [-0.25, -0.2) is 0 Å². The summed E-state index contributed by atoms with van der Waals surface area (Å²) in [5.74, 6) is 0.590. The second-order valence-electron chi connectivity index (χ2n) is 11.2. The van der Waals surface area contributed by atoms with Gasteiger partial charge in [0.1, 0.15) is 0 Å². The molecule has 0 N–H and O–H groups in total. The van der Waals surface area contributed by atoms with E-state index in [1.165, 1.54) is 36.8 Å². The molecule has 2 aliphatic carbocycles. The molecule has 0 heterocycles. The molecule has 2 nitrogen and oxygen atoms in total. The summed E-state index contributed by atoms with van der Waals surface area (Å²) in [6.45, 7) is 2.41. The molecule has 0 spiro atoms. The summed E-state index contributed by atoms with van der Waals surface area (Å²) < 4.78 is 1.73. The molecule has 3 aromatic rings. The maximum atomic E-state index is 2.57. The Labute approximate surface area is 226 Å². The van der Waals surface area contributed by atoms with Crippen molar-refractivity contribution in [1.29, 1.82) is 0 Å². The van der Waals surface area contributed by atoms with Crippen molar-refractivity contribution in [2.45, 2.75) is 49.8 Å². The predicted molar refractivity (Wildman–Crippen MR) is 150 cm³/mol. The molecule has 2 aliphatic rings. The Morgan fingerprint density at radius 2 is 1.28 bits per heavy atom. The summed E-state index contributed by atoms with van der Waals surface area (Å²) in [5, 5.41) is 0. The van der Waals surface area contributed by atoms with Crippen LogP contribution in [0.25, 0.3) is 5.57 Å². The van der Waals surface area contributed by atoms with Gasteiger partial charge in [-0.3, -0.25) is 0 Å². The first-order chi connectivity index (χ1) is 17.5. The van der Waals surface area contributed by atoms with E-state index in [-0.39, 0.29) is 0 Å². The average molecular weight is 511 g/mol. The van der Waals surface area contributed by atoms with Gasteiger partial charge in [-0.15, -0.1) is 0 Å². The van der Waals surface area contributed by atoms with Crippen LogP contribution in [0.15, 0.2) is 90.5 Å². The van der Waals surface area contributed by atoms with E-state index in [9.17, 15) is 0 Å². The average Bonchev–Trinajstić information content (AvgIpc) is 3.23. The summed E-state index contributed by atoms with van der Waals surface area (Å²) in [6, 6.07) is 32.2. The summed E-state index contributed by atoms with van der Waals surface area (Å²) in [7, 11) is 9.30. The van der Waals surface area contributed by atoms with Crippen LogP contribution in [0.4, 0.5) is 0 Å². The zero-order chi connectivity index (χ0) is 25.2. The van der Waals surface area contributed by atoms with Crippen molar-refractivity contribution in [3.63, 3.8) is 0 Å². The number of fused-ring (bicyclic) bond motifs is 2. The van der Waals surface area contributed by atoms with E-state index in [2.05, 4.69) is 130 Å². The molecule has 186 valence electrons. The second kappa shape index (κ2) is 11.3. The van der Waals surface area contributed by atoms with Crippen molar-refractivity contribution in [1.82, 2.24) is 9.80 Å². The van der Waals surface area contributed by atoms with E-state index in [1.807, 2.05) is 5.57 Å². The molecule has 0 amide bonds. The molecule has 5 rings (SSSR count). The van der Waals surface area contributed by atoms with E-state index in [0.717, 1.165) is 3.67 Å². The van der Waals surface area contributed by atoms with Gasteiger partial charge in [0.2, 0.25) is 0 Å². The quantitative estimate of drug-likeness (QED) is 0.302. The molecule has 0 fully saturated rings. The minimum absolute atomic E-state index is 0.504. The fourth-order valence-corrected chi connectivity index (χ4v) is 15.9. The predicted octanol–water partition coefficient (Wildman–Crippen LogP) is 8.06. The van der Waals surface area contributed by atoms with E-state index in [0.29, 0.717) is 13.5 Å². The molecule has 0 radical (unpaired) electrons. The van der Waals surface area contributed by atoms with Crippen molar-refractivity contribution < 1.29 is 21.4 Å². The molecule has 4 unspecified atom stereocenters. The van der Waals surface area contributed by atoms with Crippen LogP contribution >= 0.6 is 0 Å². The summed E-state index contributed by atoms with van der Waals surface area (Å²) in [4.78, 5) is 5.13.